The number of likely N-dealkylation sites (N-methyl/N-ethyl adjacent to an activating group) is 2. The molecule has 84 valence electrons. The highest BCUT2D eigenvalue weighted by molar-refractivity contribution is 5.75. The Labute approximate surface area is 88.1 Å². The van der Waals surface area contributed by atoms with Gasteiger partial charge in [-0.2, -0.15) is 0 Å². The van der Waals surface area contributed by atoms with Crippen LogP contribution in [0.5, 0.6) is 0 Å². The standard InChI is InChI=1S/C6H14.C5H10N2O/c1-3-5-6-4-2;1-6-3-4-7(2)5(6)8/h3-6H2,1-2H3;3-4H2,1-2H3. The van der Waals surface area contributed by atoms with E-state index in [1.807, 2.05) is 14.1 Å². The Morgan fingerprint density at radius 2 is 1.36 bits per heavy atom. The van der Waals surface area contributed by atoms with E-state index in [-0.39, 0.29) is 6.03 Å². The van der Waals surface area contributed by atoms with Gasteiger partial charge in [0.2, 0.25) is 0 Å². The van der Waals surface area contributed by atoms with E-state index in [0.717, 1.165) is 13.1 Å². The molecule has 14 heavy (non-hydrogen) atoms. The van der Waals surface area contributed by atoms with Crippen LogP contribution in [-0.2, 0) is 0 Å². The minimum absolute atomic E-state index is 0.130. The van der Waals surface area contributed by atoms with Gasteiger partial charge >= 0.3 is 6.03 Å². The lowest BCUT2D eigenvalue weighted by Gasteiger charge is -2.07. The summed E-state index contributed by atoms with van der Waals surface area (Å²) in [5.74, 6) is 0. The highest BCUT2D eigenvalue weighted by atomic mass is 16.2. The molecule has 0 aromatic heterocycles. The molecular formula is C11H24N2O. The molecule has 1 heterocycles. The Kier molecular flexibility index (Phi) is 7.25. The Hall–Kier alpha value is -0.730. The van der Waals surface area contributed by atoms with Crippen molar-refractivity contribution in [1.82, 2.24) is 9.80 Å². The van der Waals surface area contributed by atoms with E-state index in [9.17, 15) is 4.79 Å². The molecule has 3 nitrogen and oxygen atoms in total. The van der Waals surface area contributed by atoms with Crippen LogP contribution >= 0.6 is 0 Å². The molecule has 0 unspecified atom stereocenters. The molecule has 3 heteroatoms. The average molecular weight is 200 g/mol. The van der Waals surface area contributed by atoms with Gasteiger partial charge in [0, 0.05) is 27.2 Å². The smallest absolute Gasteiger partial charge is 0.319 e. The third-order valence-corrected chi connectivity index (χ3v) is 2.38. The Balaban J connectivity index is 0.000000255. The van der Waals surface area contributed by atoms with Crippen LogP contribution in [0.4, 0.5) is 4.79 Å². The first-order valence-corrected chi connectivity index (χ1v) is 5.59. The van der Waals surface area contributed by atoms with Crippen LogP contribution in [0.2, 0.25) is 0 Å². The van der Waals surface area contributed by atoms with Gasteiger partial charge < -0.3 is 9.80 Å². The molecule has 1 fully saturated rings. The van der Waals surface area contributed by atoms with E-state index < -0.39 is 0 Å². The van der Waals surface area contributed by atoms with Gasteiger partial charge in [0.1, 0.15) is 0 Å². The molecule has 0 aromatic rings. The fourth-order valence-electron chi connectivity index (χ4n) is 1.28. The molecule has 0 N–H and O–H groups in total. The molecule has 0 bridgehead atoms. The summed E-state index contributed by atoms with van der Waals surface area (Å²) in [6.07, 6.45) is 5.54. The van der Waals surface area contributed by atoms with Crippen molar-refractivity contribution < 1.29 is 4.79 Å². The molecule has 1 aliphatic rings. The number of nitrogens with zero attached hydrogens (tertiary/aromatic N) is 2. The molecule has 0 saturated carbocycles. The summed E-state index contributed by atoms with van der Waals surface area (Å²) in [6.45, 7) is 6.20. The van der Waals surface area contributed by atoms with Gasteiger partial charge in [-0.1, -0.05) is 39.5 Å². The lowest BCUT2D eigenvalue weighted by molar-refractivity contribution is 0.205. The third-order valence-electron chi connectivity index (χ3n) is 2.38. The molecule has 0 radical (unpaired) electrons. The summed E-state index contributed by atoms with van der Waals surface area (Å²) in [7, 11) is 3.62. The average Bonchev–Trinajstić information content (AvgIpc) is 2.47. The summed E-state index contributed by atoms with van der Waals surface area (Å²) < 4.78 is 0. The van der Waals surface area contributed by atoms with Crippen molar-refractivity contribution in [1.29, 1.82) is 0 Å². The lowest BCUT2D eigenvalue weighted by atomic mass is 10.2. The summed E-state index contributed by atoms with van der Waals surface area (Å²) in [5, 5.41) is 0. The molecule has 1 saturated heterocycles. The number of rotatable bonds is 3. The molecule has 0 spiro atoms. The van der Waals surface area contributed by atoms with Crippen LogP contribution in [-0.4, -0.2) is 43.0 Å². The van der Waals surface area contributed by atoms with Crippen LogP contribution in [0, 0.1) is 0 Å². The van der Waals surface area contributed by atoms with E-state index in [2.05, 4.69) is 13.8 Å². The molecule has 2 amide bonds. The number of urea groups is 1. The number of carbonyl (C=O) groups is 1. The Morgan fingerprint density at radius 1 is 1.00 bits per heavy atom. The molecule has 1 aliphatic heterocycles. The van der Waals surface area contributed by atoms with Gasteiger partial charge in [0.25, 0.3) is 0 Å². The second-order valence-corrected chi connectivity index (χ2v) is 3.83. The minimum atomic E-state index is 0.130. The SMILES string of the molecule is CCCCCC.CN1CCN(C)C1=O. The van der Waals surface area contributed by atoms with E-state index in [0.29, 0.717) is 0 Å². The monoisotopic (exact) mass is 200 g/mol. The zero-order valence-electron chi connectivity index (χ0n) is 10.0. The fourth-order valence-corrected chi connectivity index (χ4v) is 1.28. The largest absolute Gasteiger partial charge is 0.326 e. The second-order valence-electron chi connectivity index (χ2n) is 3.83. The zero-order valence-corrected chi connectivity index (χ0v) is 10.0. The van der Waals surface area contributed by atoms with E-state index in [4.69, 9.17) is 0 Å². The predicted octanol–water partition coefficient (Wildman–Crippen LogP) is 2.57. The third kappa shape index (κ3) is 5.10. The molecule has 0 atom stereocenters. The van der Waals surface area contributed by atoms with Crippen molar-refractivity contribution in [2.75, 3.05) is 27.2 Å². The zero-order chi connectivity index (χ0) is 11.0. The molecular weight excluding hydrogens is 176 g/mol. The quantitative estimate of drug-likeness (QED) is 0.642. The second kappa shape index (κ2) is 7.65. The fraction of sp³-hybridized carbons (Fsp3) is 0.909. The van der Waals surface area contributed by atoms with Crippen LogP contribution in [0.1, 0.15) is 39.5 Å². The highest BCUT2D eigenvalue weighted by Crippen LogP contribution is 2.00. The van der Waals surface area contributed by atoms with Gasteiger partial charge in [-0.3, -0.25) is 0 Å². The number of unbranched alkanes of at least 4 members (excludes halogenated alkanes) is 3. The number of hydrogen-bond acceptors (Lipinski definition) is 1. The van der Waals surface area contributed by atoms with Crippen LogP contribution in [0.3, 0.4) is 0 Å². The van der Waals surface area contributed by atoms with Crippen LogP contribution in [0.25, 0.3) is 0 Å². The van der Waals surface area contributed by atoms with Gasteiger partial charge in [-0.25, -0.2) is 4.79 Å². The van der Waals surface area contributed by atoms with Crippen LogP contribution < -0.4 is 0 Å². The Morgan fingerprint density at radius 3 is 1.50 bits per heavy atom. The number of amides is 2. The van der Waals surface area contributed by atoms with Gasteiger partial charge in [0.15, 0.2) is 0 Å². The maximum atomic E-state index is 10.8. The first-order chi connectivity index (χ1) is 6.63. The van der Waals surface area contributed by atoms with Gasteiger partial charge in [-0.05, 0) is 0 Å². The van der Waals surface area contributed by atoms with E-state index in [1.54, 1.807) is 9.80 Å². The first-order valence-electron chi connectivity index (χ1n) is 5.59. The van der Waals surface area contributed by atoms with Crippen LogP contribution in [0.15, 0.2) is 0 Å². The van der Waals surface area contributed by atoms with Crippen molar-refractivity contribution >= 4 is 6.03 Å². The summed E-state index contributed by atoms with van der Waals surface area (Å²) in [4.78, 5) is 14.2. The predicted molar refractivity (Wildman–Crippen MR) is 60.5 cm³/mol. The summed E-state index contributed by atoms with van der Waals surface area (Å²) in [5.41, 5.74) is 0. The van der Waals surface area contributed by atoms with Crippen molar-refractivity contribution in [3.63, 3.8) is 0 Å². The van der Waals surface area contributed by atoms with E-state index in [1.165, 1.54) is 25.7 Å². The molecule has 1 rings (SSSR count). The Bertz CT molecular complexity index is 143. The molecule has 0 aliphatic carbocycles. The summed E-state index contributed by atoms with van der Waals surface area (Å²) in [6, 6.07) is 0.130. The summed E-state index contributed by atoms with van der Waals surface area (Å²) >= 11 is 0. The van der Waals surface area contributed by atoms with Crippen molar-refractivity contribution in [3.8, 4) is 0 Å². The normalized spacial score (nSPS) is 15.6. The van der Waals surface area contributed by atoms with Crippen molar-refractivity contribution in [3.05, 3.63) is 0 Å². The maximum Gasteiger partial charge on any atom is 0.319 e. The minimum Gasteiger partial charge on any atom is -0.326 e. The van der Waals surface area contributed by atoms with Gasteiger partial charge in [-0.15, -0.1) is 0 Å². The van der Waals surface area contributed by atoms with Crippen molar-refractivity contribution in [2.24, 2.45) is 0 Å². The topological polar surface area (TPSA) is 23.6 Å². The van der Waals surface area contributed by atoms with Gasteiger partial charge in [0.05, 0.1) is 0 Å². The lowest BCUT2D eigenvalue weighted by Crippen LogP contribution is -2.25. The number of carbonyl (C=O) groups excluding carboxylic acids is 1. The maximum absolute atomic E-state index is 10.8. The molecule has 0 aromatic carbocycles. The van der Waals surface area contributed by atoms with Crippen molar-refractivity contribution in [2.45, 2.75) is 39.5 Å². The first kappa shape index (κ1) is 13.3. The van der Waals surface area contributed by atoms with E-state index >= 15 is 0 Å². The highest BCUT2D eigenvalue weighted by Gasteiger charge is 2.20. The number of hydrogen-bond donors (Lipinski definition) is 0.